The molecule has 1 aromatic rings. The van der Waals surface area contributed by atoms with Crippen molar-refractivity contribution < 1.29 is 4.74 Å². The molecule has 2 nitrogen and oxygen atoms in total. The van der Waals surface area contributed by atoms with Gasteiger partial charge in [0.05, 0.1) is 6.61 Å². The summed E-state index contributed by atoms with van der Waals surface area (Å²) in [5.41, 5.74) is 1.32. The average Bonchev–Trinajstić information content (AvgIpc) is 2.42. The minimum absolute atomic E-state index is 0.458. The van der Waals surface area contributed by atoms with E-state index in [0.717, 1.165) is 29.2 Å². The Balaban J connectivity index is 1.71. The first-order chi connectivity index (χ1) is 9.22. The van der Waals surface area contributed by atoms with E-state index in [0.29, 0.717) is 12.1 Å². The van der Waals surface area contributed by atoms with Crippen molar-refractivity contribution in [1.82, 2.24) is 5.32 Å². The molecule has 1 N–H and O–H groups in total. The summed E-state index contributed by atoms with van der Waals surface area (Å²) in [5, 5.41) is 3.86. The van der Waals surface area contributed by atoms with Crippen molar-refractivity contribution in [1.29, 1.82) is 0 Å². The minimum atomic E-state index is 0.458. The van der Waals surface area contributed by atoms with Crippen molar-refractivity contribution in [3.63, 3.8) is 0 Å². The van der Waals surface area contributed by atoms with Crippen molar-refractivity contribution in [2.75, 3.05) is 6.61 Å². The Morgan fingerprint density at radius 3 is 2.74 bits per heavy atom. The Morgan fingerprint density at radius 1 is 1.16 bits per heavy atom. The van der Waals surface area contributed by atoms with Gasteiger partial charge in [-0.05, 0) is 49.8 Å². The maximum atomic E-state index is 5.75. The number of hydrogen-bond acceptors (Lipinski definition) is 2. The molecule has 19 heavy (non-hydrogen) atoms. The highest BCUT2D eigenvalue weighted by atomic mass is 79.9. The summed E-state index contributed by atoms with van der Waals surface area (Å²) in [6.45, 7) is 3.20. The first-order valence-corrected chi connectivity index (χ1v) is 8.20. The Kier molecular flexibility index (Phi) is 4.13. The van der Waals surface area contributed by atoms with Gasteiger partial charge in [0.2, 0.25) is 0 Å². The fourth-order valence-corrected chi connectivity index (χ4v) is 3.63. The molecule has 1 heterocycles. The van der Waals surface area contributed by atoms with Gasteiger partial charge in [-0.15, -0.1) is 0 Å². The lowest BCUT2D eigenvalue weighted by molar-refractivity contribution is 0.223. The molecule has 1 aliphatic carbocycles. The summed E-state index contributed by atoms with van der Waals surface area (Å²) in [6, 6.07) is 7.49. The number of hydrogen-bond donors (Lipinski definition) is 1. The smallest absolute Gasteiger partial charge is 0.124 e. The quantitative estimate of drug-likeness (QED) is 0.868. The molecule has 3 heteroatoms. The number of fused-ring (bicyclic) bond motifs is 1. The van der Waals surface area contributed by atoms with Gasteiger partial charge in [-0.25, -0.2) is 0 Å². The largest absolute Gasteiger partial charge is 0.493 e. The van der Waals surface area contributed by atoms with Gasteiger partial charge in [-0.2, -0.15) is 0 Å². The molecule has 0 aromatic heterocycles. The van der Waals surface area contributed by atoms with E-state index in [-0.39, 0.29) is 0 Å². The maximum absolute atomic E-state index is 5.75. The van der Waals surface area contributed by atoms with Crippen LogP contribution in [0.3, 0.4) is 0 Å². The molecule has 0 spiro atoms. The van der Waals surface area contributed by atoms with Crippen molar-refractivity contribution >= 4 is 15.9 Å². The van der Waals surface area contributed by atoms with Gasteiger partial charge in [-0.1, -0.05) is 22.9 Å². The van der Waals surface area contributed by atoms with Crippen molar-refractivity contribution in [3.05, 3.63) is 28.2 Å². The van der Waals surface area contributed by atoms with E-state index in [4.69, 9.17) is 4.74 Å². The topological polar surface area (TPSA) is 21.3 Å². The van der Waals surface area contributed by atoms with Crippen LogP contribution >= 0.6 is 15.9 Å². The molecular weight excluding hydrogens is 302 g/mol. The molecule has 1 unspecified atom stereocenters. The summed E-state index contributed by atoms with van der Waals surface area (Å²) in [6.07, 6.45) is 6.46. The second-order valence-electron chi connectivity index (χ2n) is 6.00. The Morgan fingerprint density at radius 2 is 1.95 bits per heavy atom. The highest BCUT2D eigenvalue weighted by molar-refractivity contribution is 9.10. The van der Waals surface area contributed by atoms with Gasteiger partial charge in [0, 0.05) is 28.5 Å². The van der Waals surface area contributed by atoms with Crippen LogP contribution in [0.15, 0.2) is 22.7 Å². The normalized spacial score (nSPS) is 30.5. The average molecular weight is 324 g/mol. The van der Waals surface area contributed by atoms with E-state index in [9.17, 15) is 0 Å². The number of benzene rings is 1. The van der Waals surface area contributed by atoms with Gasteiger partial charge < -0.3 is 10.1 Å². The lowest BCUT2D eigenvalue weighted by Crippen LogP contribution is -2.37. The predicted molar refractivity (Wildman–Crippen MR) is 81.6 cm³/mol. The third-order valence-corrected chi connectivity index (χ3v) is 4.96. The molecule has 0 radical (unpaired) electrons. The van der Waals surface area contributed by atoms with E-state index >= 15 is 0 Å². The molecule has 0 saturated heterocycles. The van der Waals surface area contributed by atoms with Crippen molar-refractivity contribution in [2.24, 2.45) is 5.92 Å². The molecule has 1 aliphatic heterocycles. The fraction of sp³-hybridized carbons (Fsp3) is 0.625. The first kappa shape index (κ1) is 13.4. The second-order valence-corrected chi connectivity index (χ2v) is 6.91. The molecule has 2 aliphatic rings. The lowest BCUT2D eigenvalue weighted by atomic mass is 9.86. The molecule has 0 bridgehead atoms. The van der Waals surface area contributed by atoms with Gasteiger partial charge >= 0.3 is 0 Å². The van der Waals surface area contributed by atoms with Crippen LogP contribution in [0.2, 0.25) is 0 Å². The highest BCUT2D eigenvalue weighted by Gasteiger charge is 2.26. The number of nitrogens with one attached hydrogen (secondary N) is 1. The zero-order valence-corrected chi connectivity index (χ0v) is 13.1. The van der Waals surface area contributed by atoms with Crippen LogP contribution in [0.4, 0.5) is 0 Å². The number of halogens is 1. The molecule has 3 rings (SSSR count). The van der Waals surface area contributed by atoms with E-state index < -0.39 is 0 Å². The SMILES string of the molecule is CC1CCC(NC2CCOc3ccc(Br)cc32)CC1. The summed E-state index contributed by atoms with van der Waals surface area (Å²) in [4.78, 5) is 0. The van der Waals surface area contributed by atoms with E-state index in [1.165, 1.54) is 31.2 Å². The lowest BCUT2D eigenvalue weighted by Gasteiger charge is -2.33. The van der Waals surface area contributed by atoms with Crippen LogP contribution in [0.25, 0.3) is 0 Å². The number of ether oxygens (including phenoxy) is 1. The molecule has 1 aromatic carbocycles. The monoisotopic (exact) mass is 323 g/mol. The minimum Gasteiger partial charge on any atom is -0.493 e. The third kappa shape index (κ3) is 3.14. The van der Waals surface area contributed by atoms with Crippen LogP contribution in [-0.4, -0.2) is 12.6 Å². The van der Waals surface area contributed by atoms with Crippen LogP contribution in [0.1, 0.15) is 50.6 Å². The standard InChI is InChI=1S/C16H22BrNO/c1-11-2-5-13(6-3-11)18-15-8-9-19-16-7-4-12(17)10-14(15)16/h4,7,10-11,13,15,18H,2-3,5-6,8-9H2,1H3. The van der Waals surface area contributed by atoms with E-state index in [2.05, 4.69) is 46.4 Å². The zero-order chi connectivity index (χ0) is 13.2. The summed E-state index contributed by atoms with van der Waals surface area (Å²) < 4.78 is 6.89. The van der Waals surface area contributed by atoms with Crippen LogP contribution in [0.5, 0.6) is 5.75 Å². The number of rotatable bonds is 2. The molecule has 1 fully saturated rings. The Bertz CT molecular complexity index is 440. The maximum Gasteiger partial charge on any atom is 0.124 e. The molecule has 1 saturated carbocycles. The van der Waals surface area contributed by atoms with Crippen molar-refractivity contribution in [2.45, 2.75) is 51.1 Å². The molecule has 0 amide bonds. The van der Waals surface area contributed by atoms with Crippen LogP contribution < -0.4 is 10.1 Å². The summed E-state index contributed by atoms with van der Waals surface area (Å²) in [5.74, 6) is 1.96. The predicted octanol–water partition coefficient (Wildman–Crippen LogP) is 4.44. The van der Waals surface area contributed by atoms with Crippen LogP contribution in [0, 0.1) is 5.92 Å². The van der Waals surface area contributed by atoms with Gasteiger partial charge in [0.1, 0.15) is 5.75 Å². The van der Waals surface area contributed by atoms with Gasteiger partial charge in [0.15, 0.2) is 0 Å². The zero-order valence-electron chi connectivity index (χ0n) is 11.5. The van der Waals surface area contributed by atoms with E-state index in [1.807, 2.05) is 0 Å². The molecule has 1 atom stereocenters. The fourth-order valence-electron chi connectivity index (χ4n) is 3.25. The Hall–Kier alpha value is -0.540. The molecule has 104 valence electrons. The Labute approximate surface area is 124 Å². The summed E-state index contributed by atoms with van der Waals surface area (Å²) >= 11 is 3.57. The highest BCUT2D eigenvalue weighted by Crippen LogP contribution is 2.35. The van der Waals surface area contributed by atoms with Crippen molar-refractivity contribution in [3.8, 4) is 5.75 Å². The first-order valence-electron chi connectivity index (χ1n) is 7.40. The molecular formula is C16H22BrNO. The second kappa shape index (κ2) is 5.84. The van der Waals surface area contributed by atoms with Gasteiger partial charge in [0.25, 0.3) is 0 Å². The van der Waals surface area contributed by atoms with Gasteiger partial charge in [-0.3, -0.25) is 0 Å². The summed E-state index contributed by atoms with van der Waals surface area (Å²) in [7, 11) is 0. The van der Waals surface area contributed by atoms with E-state index in [1.54, 1.807) is 0 Å². The van der Waals surface area contributed by atoms with Crippen LogP contribution in [-0.2, 0) is 0 Å². The third-order valence-electron chi connectivity index (χ3n) is 4.46.